The molecule has 0 aliphatic carbocycles. The molecule has 0 unspecified atom stereocenters. The summed E-state index contributed by atoms with van der Waals surface area (Å²) in [7, 11) is 0. The van der Waals surface area contributed by atoms with E-state index in [1.807, 2.05) is 13.0 Å². The average molecular weight is 204 g/mol. The zero-order valence-corrected chi connectivity index (χ0v) is 9.88. The maximum Gasteiger partial charge on any atom is 0.0957 e. The number of benzene rings is 1. The van der Waals surface area contributed by atoms with Crippen molar-refractivity contribution >= 4 is 5.57 Å². The zero-order valence-electron chi connectivity index (χ0n) is 9.88. The molecule has 0 aliphatic rings. The van der Waals surface area contributed by atoms with Crippen molar-refractivity contribution in [2.45, 2.75) is 40.0 Å². The third-order valence-electron chi connectivity index (χ3n) is 2.76. The third-order valence-corrected chi connectivity index (χ3v) is 2.76. The predicted octanol–water partition coefficient (Wildman–Crippen LogP) is 4.34. The van der Waals surface area contributed by atoms with E-state index in [0.717, 1.165) is 18.4 Å². The Kier molecular flexibility index (Phi) is 4.41. The second-order valence-electron chi connectivity index (χ2n) is 3.64. The first kappa shape index (κ1) is 11.8. The van der Waals surface area contributed by atoms with Crippen LogP contribution in [0.5, 0.6) is 0 Å². The molecule has 0 saturated heterocycles. The van der Waals surface area contributed by atoms with E-state index in [2.05, 4.69) is 32.0 Å². The predicted molar refractivity (Wildman–Crippen MR) is 66.0 cm³/mol. The van der Waals surface area contributed by atoms with Crippen molar-refractivity contribution in [1.29, 1.82) is 0 Å². The van der Waals surface area contributed by atoms with Crippen LogP contribution in [0.3, 0.4) is 0 Å². The van der Waals surface area contributed by atoms with Crippen molar-refractivity contribution in [3.8, 4) is 0 Å². The van der Waals surface area contributed by atoms with Crippen LogP contribution in [-0.2, 0) is 6.42 Å². The normalized spacial score (nSPS) is 12.5. The van der Waals surface area contributed by atoms with Crippen LogP contribution in [-0.4, -0.2) is 5.11 Å². The first-order valence-corrected chi connectivity index (χ1v) is 5.73. The number of aryl methyl sites for hydroxylation is 1. The van der Waals surface area contributed by atoms with Crippen LogP contribution in [0, 0.1) is 0 Å². The Morgan fingerprint density at radius 1 is 1.07 bits per heavy atom. The van der Waals surface area contributed by atoms with Crippen molar-refractivity contribution in [1.82, 2.24) is 0 Å². The monoisotopic (exact) mass is 204 g/mol. The highest BCUT2D eigenvalue weighted by atomic mass is 16.3. The van der Waals surface area contributed by atoms with Crippen molar-refractivity contribution in [3.63, 3.8) is 0 Å². The van der Waals surface area contributed by atoms with E-state index in [0.29, 0.717) is 12.2 Å². The lowest BCUT2D eigenvalue weighted by molar-refractivity contribution is 0.396. The summed E-state index contributed by atoms with van der Waals surface area (Å²) in [6.07, 6.45) is 2.61. The second-order valence-corrected chi connectivity index (χ2v) is 3.64. The van der Waals surface area contributed by atoms with Gasteiger partial charge in [-0.05, 0) is 29.5 Å². The van der Waals surface area contributed by atoms with Gasteiger partial charge in [0.15, 0.2) is 0 Å². The number of hydrogen-bond acceptors (Lipinski definition) is 1. The highest BCUT2D eigenvalue weighted by Crippen LogP contribution is 2.26. The standard InChI is InChI=1S/C14H20O/c1-4-11-9-7-8-10-13(11)12(5-2)14(15)6-3/h7-10,15H,4-6H2,1-3H3. The molecule has 82 valence electrons. The van der Waals surface area contributed by atoms with Gasteiger partial charge in [0.2, 0.25) is 0 Å². The molecule has 0 bridgehead atoms. The Hall–Kier alpha value is -1.24. The molecule has 0 spiro atoms. The molecule has 1 N–H and O–H groups in total. The molecule has 1 aromatic carbocycles. The van der Waals surface area contributed by atoms with Gasteiger partial charge in [0.25, 0.3) is 0 Å². The molecule has 0 atom stereocenters. The van der Waals surface area contributed by atoms with Gasteiger partial charge < -0.3 is 5.11 Å². The van der Waals surface area contributed by atoms with Crippen molar-refractivity contribution in [3.05, 3.63) is 41.2 Å². The number of aliphatic hydroxyl groups excluding tert-OH is 1. The Morgan fingerprint density at radius 3 is 2.27 bits per heavy atom. The van der Waals surface area contributed by atoms with Gasteiger partial charge in [-0.25, -0.2) is 0 Å². The molecule has 0 aliphatic heterocycles. The van der Waals surface area contributed by atoms with Crippen LogP contribution < -0.4 is 0 Å². The van der Waals surface area contributed by atoms with E-state index in [1.165, 1.54) is 11.1 Å². The molecule has 0 aromatic heterocycles. The summed E-state index contributed by atoms with van der Waals surface area (Å²) in [6.45, 7) is 6.22. The van der Waals surface area contributed by atoms with Gasteiger partial charge in [0, 0.05) is 6.42 Å². The first-order valence-electron chi connectivity index (χ1n) is 5.73. The molecule has 0 saturated carbocycles. The molecule has 1 heteroatoms. The van der Waals surface area contributed by atoms with E-state index < -0.39 is 0 Å². The van der Waals surface area contributed by atoms with Crippen molar-refractivity contribution in [2.75, 3.05) is 0 Å². The minimum Gasteiger partial charge on any atom is -0.512 e. The molecule has 1 nitrogen and oxygen atoms in total. The van der Waals surface area contributed by atoms with E-state index in [1.54, 1.807) is 0 Å². The Bertz CT molecular complexity index is 350. The minimum absolute atomic E-state index is 0.526. The quantitative estimate of drug-likeness (QED) is 0.723. The van der Waals surface area contributed by atoms with E-state index >= 15 is 0 Å². The molecule has 0 amide bonds. The first-order chi connectivity index (χ1) is 7.24. The maximum absolute atomic E-state index is 9.87. The SMILES string of the molecule is CCC(O)=C(CC)c1ccccc1CC. The summed E-state index contributed by atoms with van der Waals surface area (Å²) < 4.78 is 0. The summed E-state index contributed by atoms with van der Waals surface area (Å²) in [4.78, 5) is 0. The summed E-state index contributed by atoms with van der Waals surface area (Å²) >= 11 is 0. The van der Waals surface area contributed by atoms with E-state index in [9.17, 15) is 5.11 Å². The van der Waals surface area contributed by atoms with Crippen LogP contribution in [0.25, 0.3) is 5.57 Å². The zero-order chi connectivity index (χ0) is 11.3. The molecule has 0 fully saturated rings. The minimum atomic E-state index is 0.526. The average Bonchev–Trinajstić information content (AvgIpc) is 2.30. The van der Waals surface area contributed by atoms with E-state index in [4.69, 9.17) is 0 Å². The second kappa shape index (κ2) is 5.59. The largest absolute Gasteiger partial charge is 0.512 e. The van der Waals surface area contributed by atoms with Gasteiger partial charge in [-0.15, -0.1) is 0 Å². The molecule has 0 radical (unpaired) electrons. The van der Waals surface area contributed by atoms with Gasteiger partial charge in [0.1, 0.15) is 0 Å². The molecule has 1 aromatic rings. The molecule has 0 heterocycles. The van der Waals surface area contributed by atoms with Crippen LogP contribution >= 0.6 is 0 Å². The fourth-order valence-electron chi connectivity index (χ4n) is 1.89. The summed E-state index contributed by atoms with van der Waals surface area (Å²) in [5.41, 5.74) is 3.62. The maximum atomic E-state index is 9.87. The van der Waals surface area contributed by atoms with Gasteiger partial charge in [-0.1, -0.05) is 45.0 Å². The smallest absolute Gasteiger partial charge is 0.0957 e. The lowest BCUT2D eigenvalue weighted by atomic mass is 9.95. The molecule has 1 rings (SSSR count). The highest BCUT2D eigenvalue weighted by Gasteiger charge is 2.08. The fourth-order valence-corrected chi connectivity index (χ4v) is 1.89. The lowest BCUT2D eigenvalue weighted by Crippen LogP contribution is -1.95. The Balaban J connectivity index is 3.24. The summed E-state index contributed by atoms with van der Waals surface area (Å²) in [5.74, 6) is 0.526. The van der Waals surface area contributed by atoms with Gasteiger partial charge in [-0.3, -0.25) is 0 Å². The van der Waals surface area contributed by atoms with Gasteiger partial charge >= 0.3 is 0 Å². The van der Waals surface area contributed by atoms with Crippen LogP contribution in [0.2, 0.25) is 0 Å². The van der Waals surface area contributed by atoms with E-state index in [-0.39, 0.29) is 0 Å². The third kappa shape index (κ3) is 2.62. The van der Waals surface area contributed by atoms with Crippen LogP contribution in [0.4, 0.5) is 0 Å². The molecular weight excluding hydrogens is 184 g/mol. The topological polar surface area (TPSA) is 20.2 Å². The van der Waals surface area contributed by atoms with Crippen LogP contribution in [0.1, 0.15) is 44.7 Å². The molecule has 15 heavy (non-hydrogen) atoms. The summed E-state index contributed by atoms with van der Waals surface area (Å²) in [6, 6.07) is 8.32. The highest BCUT2D eigenvalue weighted by molar-refractivity contribution is 5.69. The number of hydrogen-bond donors (Lipinski definition) is 1. The Labute approximate surface area is 92.5 Å². The lowest BCUT2D eigenvalue weighted by Gasteiger charge is -2.12. The number of aliphatic hydroxyl groups is 1. The van der Waals surface area contributed by atoms with Gasteiger partial charge in [-0.2, -0.15) is 0 Å². The fraction of sp³-hybridized carbons (Fsp3) is 0.429. The Morgan fingerprint density at radius 2 is 1.73 bits per heavy atom. The number of rotatable bonds is 4. The molecular formula is C14H20O. The number of allylic oxidation sites excluding steroid dienone is 2. The van der Waals surface area contributed by atoms with Crippen LogP contribution in [0.15, 0.2) is 30.0 Å². The van der Waals surface area contributed by atoms with Crippen molar-refractivity contribution < 1.29 is 5.11 Å². The van der Waals surface area contributed by atoms with Gasteiger partial charge in [0.05, 0.1) is 5.76 Å². The van der Waals surface area contributed by atoms with Crippen molar-refractivity contribution in [2.24, 2.45) is 0 Å². The summed E-state index contributed by atoms with van der Waals surface area (Å²) in [5, 5.41) is 9.87.